The van der Waals surface area contributed by atoms with Crippen molar-refractivity contribution in [3.63, 3.8) is 0 Å². The van der Waals surface area contributed by atoms with E-state index < -0.39 is 0 Å². The zero-order valence-corrected chi connectivity index (χ0v) is 20.0. The summed E-state index contributed by atoms with van der Waals surface area (Å²) in [6.07, 6.45) is 8.44. The lowest BCUT2D eigenvalue weighted by Crippen LogP contribution is -2.39. The van der Waals surface area contributed by atoms with E-state index in [0.717, 1.165) is 49.1 Å². The molecule has 0 atom stereocenters. The molecule has 1 aliphatic heterocycles. The Morgan fingerprint density at radius 1 is 1.06 bits per heavy atom. The van der Waals surface area contributed by atoms with Gasteiger partial charge in [0, 0.05) is 49.2 Å². The third-order valence-electron chi connectivity index (χ3n) is 6.78. The normalized spacial score (nSPS) is 14.1. The van der Waals surface area contributed by atoms with Gasteiger partial charge in [0.15, 0.2) is 0 Å². The second-order valence-electron chi connectivity index (χ2n) is 9.06. The van der Waals surface area contributed by atoms with Crippen molar-refractivity contribution in [2.45, 2.75) is 25.8 Å². The number of pyridine rings is 2. The number of rotatable bonds is 7. The summed E-state index contributed by atoms with van der Waals surface area (Å²) in [5, 5.41) is 4.57. The van der Waals surface area contributed by atoms with Crippen LogP contribution in [-0.2, 0) is 13.0 Å². The summed E-state index contributed by atoms with van der Waals surface area (Å²) in [5.41, 5.74) is 4.94. The fraction of sp³-hybridized carbons (Fsp3) is 0.276. The van der Waals surface area contributed by atoms with Gasteiger partial charge in [-0.15, -0.1) is 0 Å². The molecule has 1 amide bonds. The number of hydrogen-bond donors (Lipinski definition) is 1. The molecule has 6 heteroatoms. The highest BCUT2D eigenvalue weighted by Crippen LogP contribution is 2.29. The maximum absolute atomic E-state index is 13.3. The van der Waals surface area contributed by atoms with E-state index in [-0.39, 0.29) is 5.91 Å². The van der Waals surface area contributed by atoms with Gasteiger partial charge in [-0.25, -0.2) is 0 Å². The van der Waals surface area contributed by atoms with Crippen LogP contribution in [0.25, 0.3) is 10.9 Å². The highest BCUT2D eigenvalue weighted by atomic mass is 16.5. The van der Waals surface area contributed by atoms with Crippen LogP contribution in [0.4, 0.5) is 5.69 Å². The molecule has 35 heavy (non-hydrogen) atoms. The first kappa shape index (κ1) is 22.8. The van der Waals surface area contributed by atoms with E-state index in [1.54, 1.807) is 13.3 Å². The minimum Gasteiger partial charge on any atom is -0.495 e. The predicted molar refractivity (Wildman–Crippen MR) is 139 cm³/mol. The molecule has 2 aromatic carbocycles. The summed E-state index contributed by atoms with van der Waals surface area (Å²) in [6.45, 7) is 2.15. The van der Waals surface area contributed by atoms with Crippen LogP contribution in [0.1, 0.15) is 34.3 Å². The number of carbonyl (C=O) groups is 1. The first-order valence-corrected chi connectivity index (χ1v) is 12.1. The molecule has 0 radical (unpaired) electrons. The van der Waals surface area contributed by atoms with Crippen molar-refractivity contribution in [2.24, 2.45) is 5.92 Å². The Kier molecular flexibility index (Phi) is 6.89. The summed E-state index contributed by atoms with van der Waals surface area (Å²) < 4.78 is 5.51. The van der Waals surface area contributed by atoms with Gasteiger partial charge in [-0.2, -0.15) is 0 Å². The molecule has 1 fully saturated rings. The second-order valence-corrected chi connectivity index (χ2v) is 9.06. The summed E-state index contributed by atoms with van der Waals surface area (Å²) in [5.74, 6) is 1.34. The highest BCUT2D eigenvalue weighted by Gasteiger charge is 2.25. The maximum atomic E-state index is 13.3. The predicted octanol–water partition coefficient (Wildman–Crippen LogP) is 5.35. The van der Waals surface area contributed by atoms with Crippen molar-refractivity contribution >= 4 is 22.5 Å². The molecule has 4 aromatic rings. The Bertz CT molecular complexity index is 1300. The minimum absolute atomic E-state index is 0.0716. The van der Waals surface area contributed by atoms with Crippen LogP contribution in [0.3, 0.4) is 0 Å². The molecule has 0 unspecified atom stereocenters. The van der Waals surface area contributed by atoms with Gasteiger partial charge in [-0.1, -0.05) is 30.3 Å². The number of amides is 1. The number of anilines is 1. The number of carbonyl (C=O) groups excluding carboxylic acids is 1. The van der Waals surface area contributed by atoms with E-state index in [4.69, 9.17) is 4.74 Å². The zero-order chi connectivity index (χ0) is 24.0. The minimum atomic E-state index is 0.0716. The second kappa shape index (κ2) is 10.6. The topological polar surface area (TPSA) is 67.3 Å². The molecule has 2 aromatic heterocycles. The molecule has 0 saturated carbocycles. The Morgan fingerprint density at radius 3 is 2.69 bits per heavy atom. The van der Waals surface area contributed by atoms with Crippen molar-refractivity contribution < 1.29 is 9.53 Å². The van der Waals surface area contributed by atoms with Crippen LogP contribution in [-0.4, -0.2) is 41.0 Å². The first-order chi connectivity index (χ1) is 17.2. The molecule has 178 valence electrons. The molecule has 0 bridgehead atoms. The fourth-order valence-electron chi connectivity index (χ4n) is 4.85. The number of nitrogens with one attached hydrogen (secondary N) is 1. The summed E-state index contributed by atoms with van der Waals surface area (Å²) >= 11 is 0. The molecular formula is C29H30N4O2. The molecular weight excluding hydrogens is 436 g/mol. The fourth-order valence-corrected chi connectivity index (χ4v) is 4.85. The van der Waals surface area contributed by atoms with Crippen molar-refractivity contribution in [1.29, 1.82) is 0 Å². The van der Waals surface area contributed by atoms with E-state index in [1.807, 2.05) is 53.7 Å². The van der Waals surface area contributed by atoms with Crippen molar-refractivity contribution in [3.05, 3.63) is 95.9 Å². The van der Waals surface area contributed by atoms with Gasteiger partial charge >= 0.3 is 0 Å². The van der Waals surface area contributed by atoms with E-state index in [0.29, 0.717) is 23.8 Å². The lowest BCUT2D eigenvalue weighted by Gasteiger charge is -2.32. The number of nitrogens with zero attached hydrogens (tertiary/aromatic N) is 3. The summed E-state index contributed by atoms with van der Waals surface area (Å²) in [6, 6.07) is 20.0. The number of hydrogen-bond acceptors (Lipinski definition) is 5. The number of benzene rings is 2. The van der Waals surface area contributed by atoms with Gasteiger partial charge in [0.25, 0.3) is 5.91 Å². The SMILES string of the molecule is COc1ccc(C(=O)N2CCC(Cc3cccc4cccnc34)CC2)cc1NCc1cccnc1. The quantitative estimate of drug-likeness (QED) is 0.398. The molecule has 1 aliphatic rings. The Hall–Kier alpha value is -3.93. The van der Waals surface area contributed by atoms with Crippen LogP contribution >= 0.6 is 0 Å². The van der Waals surface area contributed by atoms with Crippen molar-refractivity contribution in [1.82, 2.24) is 14.9 Å². The van der Waals surface area contributed by atoms with Gasteiger partial charge in [-0.3, -0.25) is 14.8 Å². The number of aromatic nitrogens is 2. The van der Waals surface area contributed by atoms with Crippen LogP contribution in [0.2, 0.25) is 0 Å². The first-order valence-electron chi connectivity index (χ1n) is 12.1. The summed E-state index contributed by atoms with van der Waals surface area (Å²) in [4.78, 5) is 24.0. The number of likely N-dealkylation sites (tertiary alicyclic amines) is 1. The lowest BCUT2D eigenvalue weighted by molar-refractivity contribution is 0.0690. The van der Waals surface area contributed by atoms with Crippen LogP contribution in [0.5, 0.6) is 5.75 Å². The molecule has 6 nitrogen and oxygen atoms in total. The third kappa shape index (κ3) is 5.27. The molecule has 5 rings (SSSR count). The number of para-hydroxylation sites is 1. The van der Waals surface area contributed by atoms with Crippen LogP contribution in [0.15, 0.2) is 79.3 Å². The average molecular weight is 467 g/mol. The van der Waals surface area contributed by atoms with Gasteiger partial charge in [0.05, 0.1) is 18.3 Å². The molecule has 1 saturated heterocycles. The number of methoxy groups -OCH3 is 1. The van der Waals surface area contributed by atoms with Crippen molar-refractivity contribution in [2.75, 3.05) is 25.5 Å². The van der Waals surface area contributed by atoms with Gasteiger partial charge < -0.3 is 15.0 Å². The molecule has 1 N–H and O–H groups in total. The largest absolute Gasteiger partial charge is 0.495 e. The zero-order valence-electron chi connectivity index (χ0n) is 20.0. The molecule has 0 aliphatic carbocycles. The maximum Gasteiger partial charge on any atom is 0.253 e. The lowest BCUT2D eigenvalue weighted by atomic mass is 9.89. The van der Waals surface area contributed by atoms with E-state index in [9.17, 15) is 4.79 Å². The highest BCUT2D eigenvalue weighted by molar-refractivity contribution is 5.95. The van der Waals surface area contributed by atoms with Gasteiger partial charge in [0.2, 0.25) is 0 Å². The Labute approximate surface area is 206 Å². The average Bonchev–Trinajstić information content (AvgIpc) is 2.92. The smallest absolute Gasteiger partial charge is 0.253 e. The Morgan fingerprint density at radius 2 is 1.89 bits per heavy atom. The van der Waals surface area contributed by atoms with Gasteiger partial charge in [-0.05, 0) is 66.6 Å². The molecule has 0 spiro atoms. The monoisotopic (exact) mass is 466 g/mol. The number of piperidine rings is 1. The van der Waals surface area contributed by atoms with E-state index >= 15 is 0 Å². The third-order valence-corrected chi connectivity index (χ3v) is 6.78. The van der Waals surface area contributed by atoms with Gasteiger partial charge in [0.1, 0.15) is 5.75 Å². The summed E-state index contributed by atoms with van der Waals surface area (Å²) in [7, 11) is 1.64. The molecule has 3 heterocycles. The standard InChI is InChI=1S/C29H30N4O2/c1-35-27-10-9-25(18-26(27)32-20-22-5-3-13-30-19-22)29(34)33-15-11-21(12-16-33)17-24-7-2-6-23-8-4-14-31-28(23)24/h2-10,13-14,18-19,21,32H,11-12,15-17,20H2,1H3. The van der Waals surface area contributed by atoms with Crippen molar-refractivity contribution in [3.8, 4) is 5.75 Å². The number of ether oxygens (including phenoxy) is 1. The van der Waals surface area contributed by atoms with E-state index in [1.165, 1.54) is 10.9 Å². The van der Waals surface area contributed by atoms with Crippen LogP contribution < -0.4 is 10.1 Å². The Balaban J connectivity index is 1.22. The number of fused-ring (bicyclic) bond motifs is 1. The van der Waals surface area contributed by atoms with Crippen LogP contribution in [0, 0.1) is 5.92 Å². The van der Waals surface area contributed by atoms with E-state index in [2.05, 4.69) is 39.6 Å².